The number of aliphatic carboxylic acids is 1. The van der Waals surface area contributed by atoms with Gasteiger partial charge >= 0.3 is 5.97 Å². The third kappa shape index (κ3) is 3.85. The number of pyridine rings is 1. The van der Waals surface area contributed by atoms with Gasteiger partial charge < -0.3 is 14.7 Å². The SMILES string of the molecule is Cc1ccccc1COc1cc(N2CCC[C@H]2CC(=O)O)ccn1. The fourth-order valence-corrected chi connectivity index (χ4v) is 3.17. The van der Waals surface area contributed by atoms with Crippen LogP contribution in [0, 0.1) is 6.92 Å². The summed E-state index contributed by atoms with van der Waals surface area (Å²) in [4.78, 5) is 17.5. The molecule has 1 saturated heterocycles. The number of aromatic nitrogens is 1. The summed E-state index contributed by atoms with van der Waals surface area (Å²) in [5.41, 5.74) is 3.30. The van der Waals surface area contributed by atoms with Gasteiger partial charge in [0.2, 0.25) is 5.88 Å². The van der Waals surface area contributed by atoms with Crippen LogP contribution < -0.4 is 9.64 Å². The summed E-state index contributed by atoms with van der Waals surface area (Å²) in [6.07, 6.45) is 3.81. The van der Waals surface area contributed by atoms with Crippen LogP contribution >= 0.6 is 0 Å². The number of carboxylic acid groups (broad SMARTS) is 1. The molecule has 3 rings (SSSR count). The smallest absolute Gasteiger partial charge is 0.305 e. The topological polar surface area (TPSA) is 62.7 Å². The average molecular weight is 326 g/mol. The molecule has 0 bridgehead atoms. The number of nitrogens with zero attached hydrogens (tertiary/aromatic N) is 2. The van der Waals surface area contributed by atoms with Crippen LogP contribution in [0.25, 0.3) is 0 Å². The van der Waals surface area contributed by atoms with Crippen LogP contribution in [0.15, 0.2) is 42.6 Å². The highest BCUT2D eigenvalue weighted by Crippen LogP contribution is 2.29. The van der Waals surface area contributed by atoms with Gasteiger partial charge in [-0.1, -0.05) is 24.3 Å². The lowest BCUT2D eigenvalue weighted by atomic mass is 10.1. The summed E-state index contributed by atoms with van der Waals surface area (Å²) in [5, 5.41) is 9.07. The number of aryl methyl sites for hydroxylation is 1. The van der Waals surface area contributed by atoms with Gasteiger partial charge in [-0.2, -0.15) is 0 Å². The normalized spacial score (nSPS) is 17.0. The molecular formula is C19H22N2O3. The van der Waals surface area contributed by atoms with Crippen LogP contribution in [-0.4, -0.2) is 28.6 Å². The molecule has 1 N–H and O–H groups in total. The minimum absolute atomic E-state index is 0.0501. The Hall–Kier alpha value is -2.56. The molecular weight excluding hydrogens is 304 g/mol. The van der Waals surface area contributed by atoms with Crippen molar-refractivity contribution in [3.63, 3.8) is 0 Å². The van der Waals surface area contributed by atoms with Gasteiger partial charge in [-0.3, -0.25) is 4.79 Å². The molecule has 1 aromatic heterocycles. The standard InChI is InChI=1S/C19H22N2O3/c1-14-5-2-3-6-15(14)13-24-18-11-17(8-9-20-18)21-10-4-7-16(21)12-19(22)23/h2-3,5-6,8-9,11,16H,4,7,10,12-13H2,1H3,(H,22,23)/t16-/m0/s1. The Morgan fingerprint density at radius 3 is 3.00 bits per heavy atom. The molecule has 1 aliphatic heterocycles. The first kappa shape index (κ1) is 16.3. The zero-order valence-electron chi connectivity index (χ0n) is 13.8. The lowest BCUT2D eigenvalue weighted by Crippen LogP contribution is -2.31. The van der Waals surface area contributed by atoms with Crippen LogP contribution in [0.1, 0.15) is 30.4 Å². The molecule has 1 atom stereocenters. The zero-order valence-corrected chi connectivity index (χ0v) is 13.8. The Morgan fingerprint density at radius 1 is 1.38 bits per heavy atom. The predicted octanol–water partition coefficient (Wildman–Crippen LogP) is 3.41. The second-order valence-electron chi connectivity index (χ2n) is 6.15. The van der Waals surface area contributed by atoms with Crippen LogP contribution in [0.5, 0.6) is 5.88 Å². The Labute approximate surface area is 141 Å². The lowest BCUT2D eigenvalue weighted by molar-refractivity contribution is -0.137. The van der Waals surface area contributed by atoms with E-state index in [1.165, 1.54) is 5.56 Å². The van der Waals surface area contributed by atoms with Crippen LogP contribution in [-0.2, 0) is 11.4 Å². The molecule has 24 heavy (non-hydrogen) atoms. The zero-order chi connectivity index (χ0) is 16.9. The van der Waals surface area contributed by atoms with E-state index in [0.717, 1.165) is 30.6 Å². The number of anilines is 1. The minimum atomic E-state index is -0.753. The average Bonchev–Trinajstić information content (AvgIpc) is 3.02. The van der Waals surface area contributed by atoms with Crippen molar-refractivity contribution >= 4 is 11.7 Å². The third-order valence-electron chi connectivity index (χ3n) is 4.47. The number of benzene rings is 1. The van der Waals surface area contributed by atoms with Crippen molar-refractivity contribution in [3.05, 3.63) is 53.7 Å². The Morgan fingerprint density at radius 2 is 2.21 bits per heavy atom. The second-order valence-corrected chi connectivity index (χ2v) is 6.15. The van der Waals surface area contributed by atoms with E-state index >= 15 is 0 Å². The molecule has 0 radical (unpaired) electrons. The van der Waals surface area contributed by atoms with Gasteiger partial charge in [0.25, 0.3) is 0 Å². The highest BCUT2D eigenvalue weighted by Gasteiger charge is 2.27. The Balaban J connectivity index is 1.70. The van der Waals surface area contributed by atoms with Crippen molar-refractivity contribution in [2.75, 3.05) is 11.4 Å². The molecule has 126 valence electrons. The van der Waals surface area contributed by atoms with E-state index in [-0.39, 0.29) is 12.5 Å². The molecule has 0 amide bonds. The highest BCUT2D eigenvalue weighted by molar-refractivity contribution is 5.69. The lowest BCUT2D eigenvalue weighted by Gasteiger charge is -2.25. The van der Waals surface area contributed by atoms with Crippen LogP contribution in [0.2, 0.25) is 0 Å². The van der Waals surface area contributed by atoms with E-state index in [4.69, 9.17) is 9.84 Å². The summed E-state index contributed by atoms with van der Waals surface area (Å²) in [6.45, 7) is 3.41. The summed E-state index contributed by atoms with van der Waals surface area (Å²) in [6, 6.07) is 12.0. The monoisotopic (exact) mass is 326 g/mol. The minimum Gasteiger partial charge on any atom is -0.481 e. The first-order chi connectivity index (χ1) is 11.6. The first-order valence-electron chi connectivity index (χ1n) is 8.25. The number of carboxylic acids is 1. The van der Waals surface area contributed by atoms with Gasteiger partial charge in [-0.25, -0.2) is 4.98 Å². The second kappa shape index (κ2) is 7.34. The van der Waals surface area contributed by atoms with Gasteiger partial charge in [0.05, 0.1) is 6.42 Å². The van der Waals surface area contributed by atoms with E-state index in [9.17, 15) is 4.79 Å². The van der Waals surface area contributed by atoms with E-state index in [1.807, 2.05) is 30.3 Å². The highest BCUT2D eigenvalue weighted by atomic mass is 16.5. The van der Waals surface area contributed by atoms with Crippen molar-refractivity contribution in [2.45, 2.75) is 38.8 Å². The molecule has 0 saturated carbocycles. The van der Waals surface area contributed by atoms with Gasteiger partial charge in [0.15, 0.2) is 0 Å². The van der Waals surface area contributed by atoms with Crippen molar-refractivity contribution in [2.24, 2.45) is 0 Å². The molecule has 0 spiro atoms. The van der Waals surface area contributed by atoms with Crippen molar-refractivity contribution in [1.82, 2.24) is 4.98 Å². The molecule has 0 unspecified atom stereocenters. The molecule has 5 nitrogen and oxygen atoms in total. The van der Waals surface area contributed by atoms with E-state index < -0.39 is 5.97 Å². The van der Waals surface area contributed by atoms with Crippen molar-refractivity contribution < 1.29 is 14.6 Å². The Bertz CT molecular complexity index is 717. The molecule has 2 heterocycles. The van der Waals surface area contributed by atoms with Gasteiger partial charge in [-0.05, 0) is 37.0 Å². The molecule has 1 fully saturated rings. The maximum atomic E-state index is 11.0. The number of ether oxygens (including phenoxy) is 1. The van der Waals surface area contributed by atoms with Crippen molar-refractivity contribution in [1.29, 1.82) is 0 Å². The number of hydrogen-bond donors (Lipinski definition) is 1. The van der Waals surface area contributed by atoms with Crippen LogP contribution in [0.3, 0.4) is 0 Å². The molecule has 5 heteroatoms. The molecule has 0 aliphatic carbocycles. The van der Waals surface area contributed by atoms with Crippen molar-refractivity contribution in [3.8, 4) is 5.88 Å². The Kier molecular flexibility index (Phi) is 4.99. The molecule has 2 aromatic rings. The summed E-state index contributed by atoms with van der Waals surface area (Å²) < 4.78 is 5.84. The van der Waals surface area contributed by atoms with Crippen LogP contribution in [0.4, 0.5) is 5.69 Å². The summed E-state index contributed by atoms with van der Waals surface area (Å²) in [7, 11) is 0. The van der Waals surface area contributed by atoms with E-state index in [2.05, 4.69) is 22.9 Å². The number of hydrogen-bond acceptors (Lipinski definition) is 4. The number of rotatable bonds is 6. The predicted molar refractivity (Wildman–Crippen MR) is 92.4 cm³/mol. The summed E-state index contributed by atoms with van der Waals surface area (Å²) in [5.74, 6) is -0.186. The molecule has 1 aromatic carbocycles. The maximum Gasteiger partial charge on any atom is 0.305 e. The van der Waals surface area contributed by atoms with Gasteiger partial charge in [0, 0.05) is 30.5 Å². The fraction of sp³-hybridized carbons (Fsp3) is 0.368. The van der Waals surface area contributed by atoms with E-state index in [1.54, 1.807) is 6.20 Å². The largest absolute Gasteiger partial charge is 0.481 e. The maximum absolute atomic E-state index is 11.0. The van der Waals surface area contributed by atoms with E-state index in [0.29, 0.717) is 12.5 Å². The molecule has 1 aliphatic rings. The quantitative estimate of drug-likeness (QED) is 0.881. The van der Waals surface area contributed by atoms with Gasteiger partial charge in [-0.15, -0.1) is 0 Å². The van der Waals surface area contributed by atoms with Gasteiger partial charge in [0.1, 0.15) is 6.61 Å². The summed E-state index contributed by atoms with van der Waals surface area (Å²) >= 11 is 0. The number of carbonyl (C=O) groups is 1. The third-order valence-corrected chi connectivity index (χ3v) is 4.47. The fourth-order valence-electron chi connectivity index (χ4n) is 3.17. The first-order valence-corrected chi connectivity index (χ1v) is 8.25.